The molecular formula is C18H16F3NO5. The molecule has 0 aliphatic carbocycles. The fourth-order valence-corrected chi connectivity index (χ4v) is 2.08. The minimum Gasteiger partial charge on any atom is -0.493 e. The first-order valence-electron chi connectivity index (χ1n) is 7.70. The van der Waals surface area contributed by atoms with Crippen molar-refractivity contribution in [3.05, 3.63) is 53.8 Å². The topological polar surface area (TPSA) is 73.9 Å². The summed E-state index contributed by atoms with van der Waals surface area (Å²) < 4.78 is 52.0. The van der Waals surface area contributed by atoms with Crippen LogP contribution in [0.25, 0.3) is 0 Å². The molecule has 144 valence electrons. The van der Waals surface area contributed by atoms with Gasteiger partial charge in [-0.15, -0.1) is 0 Å². The summed E-state index contributed by atoms with van der Waals surface area (Å²) in [5, 5.41) is 2.41. The Labute approximate surface area is 152 Å². The van der Waals surface area contributed by atoms with Crippen molar-refractivity contribution in [1.82, 2.24) is 0 Å². The van der Waals surface area contributed by atoms with Gasteiger partial charge in [0.2, 0.25) is 0 Å². The molecule has 0 aliphatic rings. The van der Waals surface area contributed by atoms with E-state index in [1.54, 1.807) is 0 Å². The van der Waals surface area contributed by atoms with Crippen LogP contribution in [0.15, 0.2) is 42.5 Å². The average Bonchev–Trinajstić information content (AvgIpc) is 2.61. The summed E-state index contributed by atoms with van der Waals surface area (Å²) in [7, 11) is 1.22. The predicted octanol–water partition coefficient (Wildman–Crippen LogP) is 3.62. The Bertz CT molecular complexity index is 828. The van der Waals surface area contributed by atoms with Crippen molar-refractivity contribution < 1.29 is 37.0 Å². The van der Waals surface area contributed by atoms with E-state index >= 15 is 0 Å². The smallest absolute Gasteiger partial charge is 0.387 e. The third kappa shape index (κ3) is 5.63. The molecule has 0 radical (unpaired) electrons. The molecule has 0 unspecified atom stereocenters. The number of methoxy groups -OCH3 is 1. The number of carbonyl (C=O) groups excluding carboxylic acids is 2. The van der Waals surface area contributed by atoms with E-state index in [1.165, 1.54) is 38.3 Å². The average molecular weight is 383 g/mol. The highest BCUT2D eigenvalue weighted by molar-refractivity contribution is 5.97. The molecule has 6 nitrogen and oxygen atoms in total. The maximum absolute atomic E-state index is 13.1. The molecule has 9 heteroatoms. The van der Waals surface area contributed by atoms with E-state index in [0.29, 0.717) is 0 Å². The number of esters is 1. The monoisotopic (exact) mass is 383 g/mol. The molecule has 0 saturated heterocycles. The number of rotatable bonds is 7. The van der Waals surface area contributed by atoms with Crippen LogP contribution in [0.2, 0.25) is 0 Å². The van der Waals surface area contributed by atoms with Gasteiger partial charge < -0.3 is 19.5 Å². The van der Waals surface area contributed by atoms with E-state index in [2.05, 4.69) is 10.1 Å². The molecule has 1 amide bonds. The van der Waals surface area contributed by atoms with E-state index in [0.717, 1.165) is 18.2 Å². The number of carbonyl (C=O) groups is 2. The zero-order chi connectivity index (χ0) is 20.0. The number of benzene rings is 2. The lowest BCUT2D eigenvalue weighted by atomic mass is 10.2. The van der Waals surface area contributed by atoms with Crippen molar-refractivity contribution in [2.75, 3.05) is 12.4 Å². The second kappa shape index (κ2) is 8.93. The number of ether oxygens (including phenoxy) is 3. The molecule has 0 spiro atoms. The van der Waals surface area contributed by atoms with Crippen LogP contribution in [0.5, 0.6) is 11.5 Å². The molecule has 0 heterocycles. The maximum atomic E-state index is 13.1. The summed E-state index contributed by atoms with van der Waals surface area (Å²) in [5.74, 6) is -2.42. The van der Waals surface area contributed by atoms with Gasteiger partial charge in [-0.2, -0.15) is 8.78 Å². The van der Waals surface area contributed by atoms with Gasteiger partial charge in [-0.1, -0.05) is 6.07 Å². The highest BCUT2D eigenvalue weighted by Crippen LogP contribution is 2.29. The highest BCUT2D eigenvalue weighted by Gasteiger charge is 2.21. The Morgan fingerprint density at radius 1 is 1.07 bits per heavy atom. The number of amides is 1. The van der Waals surface area contributed by atoms with Gasteiger partial charge in [0.25, 0.3) is 5.91 Å². The van der Waals surface area contributed by atoms with Crippen molar-refractivity contribution in [3.8, 4) is 11.5 Å². The summed E-state index contributed by atoms with van der Waals surface area (Å²) in [4.78, 5) is 24.2. The summed E-state index contributed by atoms with van der Waals surface area (Å²) in [6.07, 6.45) is -1.19. The zero-order valence-electron chi connectivity index (χ0n) is 14.4. The number of halogens is 3. The third-order valence-electron chi connectivity index (χ3n) is 3.36. The normalized spacial score (nSPS) is 11.6. The molecular weight excluding hydrogens is 367 g/mol. The summed E-state index contributed by atoms with van der Waals surface area (Å²) >= 11 is 0. The fraction of sp³-hybridized carbons (Fsp3) is 0.222. The van der Waals surface area contributed by atoms with Crippen LogP contribution in [-0.4, -0.2) is 31.7 Å². The maximum Gasteiger partial charge on any atom is 0.387 e. The van der Waals surface area contributed by atoms with Gasteiger partial charge in [0, 0.05) is 5.69 Å². The molecule has 2 rings (SSSR count). The summed E-state index contributed by atoms with van der Waals surface area (Å²) in [6.45, 7) is -1.72. The first-order valence-corrected chi connectivity index (χ1v) is 7.70. The lowest BCUT2D eigenvalue weighted by molar-refractivity contribution is -0.123. The Morgan fingerprint density at radius 2 is 1.81 bits per heavy atom. The molecule has 0 aliphatic heterocycles. The van der Waals surface area contributed by atoms with E-state index in [1.807, 2.05) is 0 Å². The molecule has 0 saturated carbocycles. The van der Waals surface area contributed by atoms with Gasteiger partial charge in [0.15, 0.2) is 17.6 Å². The Morgan fingerprint density at radius 3 is 2.44 bits per heavy atom. The van der Waals surface area contributed by atoms with Crippen molar-refractivity contribution in [1.29, 1.82) is 0 Å². The van der Waals surface area contributed by atoms with Gasteiger partial charge in [-0.05, 0) is 43.3 Å². The number of anilines is 1. The summed E-state index contributed by atoms with van der Waals surface area (Å²) in [5.41, 5.74) is 0.178. The lowest BCUT2D eigenvalue weighted by Gasteiger charge is -2.15. The van der Waals surface area contributed by atoms with Crippen molar-refractivity contribution in [2.45, 2.75) is 19.6 Å². The van der Waals surface area contributed by atoms with Crippen molar-refractivity contribution in [3.63, 3.8) is 0 Å². The van der Waals surface area contributed by atoms with E-state index < -0.39 is 30.4 Å². The van der Waals surface area contributed by atoms with Crippen LogP contribution in [-0.2, 0) is 9.53 Å². The minimum atomic E-state index is -3.05. The minimum absolute atomic E-state index is 0.0288. The Balaban J connectivity index is 2.04. The van der Waals surface area contributed by atoms with Gasteiger partial charge >= 0.3 is 12.6 Å². The van der Waals surface area contributed by atoms with Crippen LogP contribution in [0.4, 0.5) is 18.9 Å². The zero-order valence-corrected chi connectivity index (χ0v) is 14.4. The van der Waals surface area contributed by atoms with Crippen LogP contribution in [0.1, 0.15) is 17.3 Å². The lowest BCUT2D eigenvalue weighted by Crippen LogP contribution is -2.30. The number of hydrogen-bond acceptors (Lipinski definition) is 5. The van der Waals surface area contributed by atoms with Crippen LogP contribution < -0.4 is 14.8 Å². The van der Waals surface area contributed by atoms with Crippen LogP contribution in [0.3, 0.4) is 0 Å². The van der Waals surface area contributed by atoms with Crippen molar-refractivity contribution in [2.24, 2.45) is 0 Å². The Kier molecular flexibility index (Phi) is 6.64. The molecule has 1 atom stereocenters. The van der Waals surface area contributed by atoms with Gasteiger partial charge in [-0.3, -0.25) is 4.79 Å². The number of alkyl halides is 2. The van der Waals surface area contributed by atoms with Crippen LogP contribution in [0, 0.1) is 5.82 Å². The molecule has 27 heavy (non-hydrogen) atoms. The molecule has 1 N–H and O–H groups in total. The Hall–Kier alpha value is -3.23. The quantitative estimate of drug-likeness (QED) is 0.740. The second-order valence-corrected chi connectivity index (χ2v) is 5.29. The standard InChI is InChI=1S/C18H16F3NO5/c1-10(16(23)22-13-5-3-4-12(19)9-13)26-17(24)11-6-7-14(27-18(20)21)15(8-11)25-2/h3-10,18H,1-2H3,(H,22,23)/t10-/m0/s1. The molecule has 0 bridgehead atoms. The number of hydrogen-bond donors (Lipinski definition) is 1. The molecule has 2 aromatic carbocycles. The van der Waals surface area contributed by atoms with Crippen molar-refractivity contribution >= 4 is 17.6 Å². The van der Waals surface area contributed by atoms with E-state index in [4.69, 9.17) is 9.47 Å². The molecule has 2 aromatic rings. The molecule has 0 fully saturated rings. The highest BCUT2D eigenvalue weighted by atomic mass is 19.3. The first-order chi connectivity index (χ1) is 12.8. The number of nitrogens with one attached hydrogen (secondary N) is 1. The van der Waals surface area contributed by atoms with Gasteiger partial charge in [0.05, 0.1) is 12.7 Å². The SMILES string of the molecule is COc1cc(C(=O)O[C@@H](C)C(=O)Nc2cccc(F)c2)ccc1OC(F)F. The van der Waals surface area contributed by atoms with E-state index in [9.17, 15) is 22.8 Å². The predicted molar refractivity (Wildman–Crippen MR) is 89.5 cm³/mol. The van der Waals surface area contributed by atoms with E-state index in [-0.39, 0.29) is 22.7 Å². The second-order valence-electron chi connectivity index (χ2n) is 5.29. The molecule has 0 aromatic heterocycles. The van der Waals surface area contributed by atoms with Gasteiger partial charge in [-0.25, -0.2) is 9.18 Å². The van der Waals surface area contributed by atoms with Crippen LogP contribution >= 0.6 is 0 Å². The largest absolute Gasteiger partial charge is 0.493 e. The fourth-order valence-electron chi connectivity index (χ4n) is 2.08. The summed E-state index contributed by atoms with van der Waals surface area (Å²) in [6, 6.07) is 8.68. The third-order valence-corrected chi connectivity index (χ3v) is 3.36. The first kappa shape index (κ1) is 20.1. The van der Waals surface area contributed by atoms with Gasteiger partial charge in [0.1, 0.15) is 5.82 Å².